The lowest BCUT2D eigenvalue weighted by atomic mass is 10.2. The summed E-state index contributed by atoms with van der Waals surface area (Å²) in [6.07, 6.45) is 0. The number of aromatic nitrogens is 2. The zero-order chi connectivity index (χ0) is 18.9. The fourth-order valence-electron chi connectivity index (χ4n) is 2.42. The van der Waals surface area contributed by atoms with Crippen molar-refractivity contribution < 1.29 is 4.79 Å². The van der Waals surface area contributed by atoms with E-state index in [1.807, 2.05) is 33.8 Å². The number of nitrogens with two attached hydrogens (primary N) is 1. The van der Waals surface area contributed by atoms with E-state index in [9.17, 15) is 9.59 Å². The van der Waals surface area contributed by atoms with E-state index in [0.29, 0.717) is 15.4 Å². The van der Waals surface area contributed by atoms with Gasteiger partial charge < -0.3 is 5.73 Å². The predicted molar refractivity (Wildman–Crippen MR) is 102 cm³/mol. The van der Waals surface area contributed by atoms with Crippen LogP contribution in [0.15, 0.2) is 21.2 Å². The Morgan fingerprint density at radius 1 is 1.44 bits per heavy atom. The summed E-state index contributed by atoms with van der Waals surface area (Å²) in [7, 11) is 0. The van der Waals surface area contributed by atoms with Gasteiger partial charge in [-0.05, 0) is 40.2 Å². The maximum Gasteiger partial charge on any atom is 0.263 e. The first kappa shape index (κ1) is 19.2. The molecule has 132 valence electrons. The van der Waals surface area contributed by atoms with Crippen molar-refractivity contribution in [3.8, 4) is 6.07 Å². The summed E-state index contributed by atoms with van der Waals surface area (Å²) in [5.74, 6) is -0.360. The smallest absolute Gasteiger partial charge is 0.263 e. The van der Waals surface area contributed by atoms with Crippen LogP contribution >= 0.6 is 23.1 Å². The van der Waals surface area contributed by atoms with Crippen molar-refractivity contribution in [1.82, 2.24) is 9.55 Å². The molecule has 0 aliphatic heterocycles. The van der Waals surface area contributed by atoms with Crippen molar-refractivity contribution in [3.05, 3.63) is 32.1 Å². The number of ketones is 1. The standard InChI is InChI=1S/C17H20N4O2S2/c1-8(2)21-16(23)14-9(3)11(5)25-15(14)20-17(21)24-7-13(22)12(6-18)10(4)19/h8H,7,19H2,1-5H3/b12-10-. The Labute approximate surface area is 154 Å². The maximum atomic E-state index is 12.9. The molecule has 0 aromatic carbocycles. The van der Waals surface area contributed by atoms with Crippen molar-refractivity contribution in [2.24, 2.45) is 5.73 Å². The van der Waals surface area contributed by atoms with Gasteiger partial charge in [-0.1, -0.05) is 11.8 Å². The molecule has 0 bridgehead atoms. The van der Waals surface area contributed by atoms with Crippen molar-refractivity contribution in [2.75, 3.05) is 5.75 Å². The number of thiophene rings is 1. The Balaban J connectivity index is 2.50. The van der Waals surface area contributed by atoms with Crippen molar-refractivity contribution in [1.29, 1.82) is 5.26 Å². The molecule has 0 radical (unpaired) electrons. The summed E-state index contributed by atoms with van der Waals surface area (Å²) in [6.45, 7) is 9.21. The number of carbonyl (C=O) groups is 1. The maximum absolute atomic E-state index is 12.9. The van der Waals surface area contributed by atoms with Crippen molar-refractivity contribution in [2.45, 2.75) is 45.8 Å². The van der Waals surface area contributed by atoms with Crippen LogP contribution in [0.4, 0.5) is 0 Å². The van der Waals surface area contributed by atoms with Gasteiger partial charge in [-0.25, -0.2) is 4.98 Å². The SMILES string of the molecule is C/C(N)=C(\C#N)C(=O)CSc1nc2sc(C)c(C)c2c(=O)n1C(C)C. The van der Waals surface area contributed by atoms with E-state index in [1.54, 1.807) is 4.57 Å². The molecular weight excluding hydrogens is 356 g/mol. The molecule has 0 unspecified atom stereocenters. The van der Waals surface area contributed by atoms with Crippen LogP contribution in [0.1, 0.15) is 37.3 Å². The lowest BCUT2D eigenvalue weighted by molar-refractivity contribution is -0.112. The molecule has 0 amide bonds. The lowest BCUT2D eigenvalue weighted by Gasteiger charge is -2.15. The fraction of sp³-hybridized carbons (Fsp3) is 0.412. The van der Waals surface area contributed by atoms with Gasteiger partial charge in [0.05, 0.1) is 11.1 Å². The summed E-state index contributed by atoms with van der Waals surface area (Å²) in [5.41, 5.74) is 6.58. The van der Waals surface area contributed by atoms with E-state index in [-0.39, 0.29) is 34.4 Å². The molecule has 8 heteroatoms. The molecule has 2 heterocycles. The quantitative estimate of drug-likeness (QED) is 0.372. The molecule has 6 nitrogen and oxygen atoms in total. The summed E-state index contributed by atoms with van der Waals surface area (Å²) in [6, 6.07) is 1.74. The Bertz CT molecular complexity index is 973. The third kappa shape index (κ3) is 3.62. The molecule has 0 spiro atoms. The van der Waals surface area contributed by atoms with E-state index in [0.717, 1.165) is 22.2 Å². The van der Waals surface area contributed by atoms with Crippen LogP contribution in [0.2, 0.25) is 0 Å². The van der Waals surface area contributed by atoms with Gasteiger partial charge in [-0.2, -0.15) is 5.26 Å². The second-order valence-corrected chi connectivity index (χ2v) is 8.15. The van der Waals surface area contributed by atoms with E-state index in [2.05, 4.69) is 4.98 Å². The van der Waals surface area contributed by atoms with E-state index in [4.69, 9.17) is 11.0 Å². The van der Waals surface area contributed by atoms with Crippen molar-refractivity contribution >= 4 is 39.1 Å². The average molecular weight is 377 g/mol. The first-order valence-corrected chi connectivity index (χ1v) is 9.53. The van der Waals surface area contributed by atoms with E-state index >= 15 is 0 Å². The minimum atomic E-state index is -0.365. The minimum absolute atomic E-state index is 0.00540. The molecule has 2 N–H and O–H groups in total. The second kappa shape index (κ2) is 7.42. The number of allylic oxidation sites excluding steroid dienone is 2. The minimum Gasteiger partial charge on any atom is -0.401 e. The van der Waals surface area contributed by atoms with Crippen LogP contribution in [0.25, 0.3) is 10.2 Å². The van der Waals surface area contributed by atoms with Gasteiger partial charge in [0.2, 0.25) is 0 Å². The number of aryl methyl sites for hydroxylation is 2. The van der Waals surface area contributed by atoms with Crippen LogP contribution < -0.4 is 11.3 Å². The number of hydrogen-bond donors (Lipinski definition) is 1. The van der Waals surface area contributed by atoms with Crippen LogP contribution in [0, 0.1) is 25.2 Å². The second-order valence-electron chi connectivity index (χ2n) is 6.01. The number of Topliss-reactive ketones (excluding diaryl/α,β-unsaturated/α-hetero) is 1. The van der Waals surface area contributed by atoms with Gasteiger partial charge >= 0.3 is 0 Å². The summed E-state index contributed by atoms with van der Waals surface area (Å²) in [4.78, 5) is 31.4. The highest BCUT2D eigenvalue weighted by Gasteiger charge is 2.20. The van der Waals surface area contributed by atoms with E-state index < -0.39 is 0 Å². The molecule has 0 atom stereocenters. The number of nitriles is 1. The molecule has 2 aromatic heterocycles. The van der Waals surface area contributed by atoms with Crippen LogP contribution in [0.5, 0.6) is 0 Å². The summed E-state index contributed by atoms with van der Waals surface area (Å²) < 4.78 is 1.60. The molecule has 0 aliphatic carbocycles. The first-order valence-electron chi connectivity index (χ1n) is 7.73. The molecular formula is C17H20N4O2S2. The molecule has 2 aromatic rings. The largest absolute Gasteiger partial charge is 0.401 e. The monoisotopic (exact) mass is 376 g/mol. The molecule has 0 saturated heterocycles. The molecule has 0 saturated carbocycles. The number of thioether (sulfide) groups is 1. The van der Waals surface area contributed by atoms with Gasteiger partial charge in [0.1, 0.15) is 16.5 Å². The highest BCUT2D eigenvalue weighted by molar-refractivity contribution is 7.99. The number of fused-ring (bicyclic) bond motifs is 1. The summed E-state index contributed by atoms with van der Waals surface area (Å²) >= 11 is 2.63. The Morgan fingerprint density at radius 3 is 2.60 bits per heavy atom. The lowest BCUT2D eigenvalue weighted by Crippen LogP contribution is -2.25. The Hall–Kier alpha value is -2.11. The van der Waals surface area contributed by atoms with Crippen LogP contribution in [-0.2, 0) is 4.79 Å². The highest BCUT2D eigenvalue weighted by atomic mass is 32.2. The van der Waals surface area contributed by atoms with Gasteiger partial charge in [-0.3, -0.25) is 14.2 Å². The van der Waals surface area contributed by atoms with Gasteiger partial charge in [0.25, 0.3) is 5.56 Å². The molecule has 0 fully saturated rings. The molecule has 0 aliphatic rings. The number of hydrogen-bond acceptors (Lipinski definition) is 7. The molecule has 25 heavy (non-hydrogen) atoms. The average Bonchev–Trinajstić information content (AvgIpc) is 2.80. The van der Waals surface area contributed by atoms with Crippen LogP contribution in [-0.4, -0.2) is 21.1 Å². The molecule has 2 rings (SSSR count). The number of nitrogens with zero attached hydrogens (tertiary/aromatic N) is 3. The summed E-state index contributed by atoms with van der Waals surface area (Å²) in [5, 5.41) is 10.2. The fourth-order valence-corrected chi connectivity index (χ4v) is 4.49. The highest BCUT2D eigenvalue weighted by Crippen LogP contribution is 2.29. The normalized spacial score (nSPS) is 12.4. The zero-order valence-corrected chi connectivity index (χ0v) is 16.5. The van der Waals surface area contributed by atoms with Crippen molar-refractivity contribution in [3.63, 3.8) is 0 Å². The third-order valence-corrected chi connectivity index (χ3v) is 5.89. The van der Waals surface area contributed by atoms with E-state index in [1.165, 1.54) is 18.3 Å². The van der Waals surface area contributed by atoms with Gasteiger partial charge in [0.15, 0.2) is 10.9 Å². The number of carbonyl (C=O) groups excluding carboxylic acids is 1. The Kier molecular flexibility index (Phi) is 5.70. The third-order valence-electron chi connectivity index (χ3n) is 3.84. The topological polar surface area (TPSA) is 102 Å². The van der Waals surface area contributed by atoms with Gasteiger partial charge in [0, 0.05) is 16.6 Å². The number of rotatable bonds is 5. The van der Waals surface area contributed by atoms with Gasteiger partial charge in [-0.15, -0.1) is 11.3 Å². The van der Waals surface area contributed by atoms with Crippen LogP contribution in [0.3, 0.4) is 0 Å². The first-order chi connectivity index (χ1) is 11.7. The Morgan fingerprint density at radius 2 is 2.08 bits per heavy atom. The zero-order valence-electron chi connectivity index (χ0n) is 14.8. The predicted octanol–water partition coefficient (Wildman–Crippen LogP) is 3.07.